The molecule has 0 fully saturated rings. The molecule has 0 saturated carbocycles. The predicted molar refractivity (Wildman–Crippen MR) is 78.8 cm³/mol. The van der Waals surface area contributed by atoms with E-state index in [-0.39, 0.29) is 6.42 Å². The van der Waals surface area contributed by atoms with Crippen LogP contribution >= 0.6 is 22.9 Å². The highest BCUT2D eigenvalue weighted by molar-refractivity contribution is 7.18. The minimum Gasteiger partial charge on any atom is -0.375 e. The van der Waals surface area contributed by atoms with Gasteiger partial charge in [0.05, 0.1) is 5.69 Å². The lowest BCUT2D eigenvalue weighted by atomic mass is 10.1. The highest BCUT2D eigenvalue weighted by Gasteiger charge is 2.17. The molecule has 0 unspecified atom stereocenters. The summed E-state index contributed by atoms with van der Waals surface area (Å²) in [5.41, 5.74) is 6.70. The van der Waals surface area contributed by atoms with E-state index in [0.717, 1.165) is 5.69 Å². The first kappa shape index (κ1) is 14.0. The number of aryl methyl sites for hydroxylation is 1. The van der Waals surface area contributed by atoms with E-state index in [1.807, 2.05) is 0 Å². The average Bonchev–Trinajstić information content (AvgIpc) is 3.00. The Morgan fingerprint density at radius 3 is 2.86 bits per heavy atom. The average molecular weight is 325 g/mol. The van der Waals surface area contributed by atoms with Crippen molar-refractivity contribution in [2.24, 2.45) is 0 Å². The van der Waals surface area contributed by atoms with Crippen LogP contribution in [0.1, 0.15) is 17.1 Å². The number of nitrogen functional groups attached to an aromatic ring is 1. The Morgan fingerprint density at radius 2 is 2.19 bits per heavy atom. The van der Waals surface area contributed by atoms with Crippen molar-refractivity contribution in [1.82, 2.24) is 15.1 Å². The highest BCUT2D eigenvalue weighted by atomic mass is 35.5. The van der Waals surface area contributed by atoms with E-state index in [2.05, 4.69) is 15.1 Å². The molecule has 0 aliphatic heterocycles. The third kappa shape index (κ3) is 2.74. The summed E-state index contributed by atoms with van der Waals surface area (Å²) in [6.45, 7) is 1.81. The molecule has 1 aromatic carbocycles. The normalized spacial score (nSPS) is 11.0. The van der Waals surface area contributed by atoms with Gasteiger partial charge in [0.15, 0.2) is 11.0 Å². The van der Waals surface area contributed by atoms with Crippen LogP contribution in [0.15, 0.2) is 22.7 Å². The fraction of sp³-hybridized carbons (Fsp3) is 0.154. The van der Waals surface area contributed by atoms with Gasteiger partial charge < -0.3 is 10.3 Å². The molecule has 0 atom stereocenters. The molecule has 3 rings (SSSR count). The van der Waals surface area contributed by atoms with E-state index >= 15 is 0 Å². The predicted octanol–water partition coefficient (Wildman–Crippen LogP) is 3.47. The Morgan fingerprint density at radius 1 is 1.38 bits per heavy atom. The zero-order valence-corrected chi connectivity index (χ0v) is 12.5. The van der Waals surface area contributed by atoms with E-state index in [0.29, 0.717) is 32.3 Å². The fourth-order valence-corrected chi connectivity index (χ4v) is 2.88. The number of rotatable bonds is 3. The number of benzene rings is 1. The number of nitrogens with zero attached hydrogens (tertiary/aromatic N) is 3. The Hall–Kier alpha value is -1.99. The topological polar surface area (TPSA) is 77.8 Å². The van der Waals surface area contributed by atoms with Gasteiger partial charge in [0.25, 0.3) is 5.89 Å². The van der Waals surface area contributed by atoms with Crippen molar-refractivity contribution < 1.29 is 8.91 Å². The Bertz CT molecular complexity index is 781. The van der Waals surface area contributed by atoms with Crippen LogP contribution in [0.4, 0.5) is 9.52 Å². The number of hydrogen-bond donors (Lipinski definition) is 1. The van der Waals surface area contributed by atoms with E-state index in [9.17, 15) is 4.39 Å². The molecular weight excluding hydrogens is 315 g/mol. The van der Waals surface area contributed by atoms with Gasteiger partial charge in [-0.2, -0.15) is 4.98 Å². The van der Waals surface area contributed by atoms with Crippen LogP contribution in [0.5, 0.6) is 0 Å². The van der Waals surface area contributed by atoms with Crippen LogP contribution in [0.2, 0.25) is 5.02 Å². The minimum absolute atomic E-state index is 0.155. The highest BCUT2D eigenvalue weighted by Crippen LogP contribution is 2.30. The first-order valence-electron chi connectivity index (χ1n) is 6.03. The molecule has 2 aromatic heterocycles. The Balaban J connectivity index is 1.91. The molecule has 2 heterocycles. The second-order valence-electron chi connectivity index (χ2n) is 4.36. The minimum atomic E-state index is -0.396. The van der Waals surface area contributed by atoms with Gasteiger partial charge in [-0.05, 0) is 19.1 Å². The number of halogens is 2. The van der Waals surface area contributed by atoms with Gasteiger partial charge in [0.1, 0.15) is 10.7 Å². The molecule has 108 valence electrons. The quantitative estimate of drug-likeness (QED) is 0.798. The van der Waals surface area contributed by atoms with Crippen LogP contribution in [0, 0.1) is 12.7 Å². The van der Waals surface area contributed by atoms with Gasteiger partial charge >= 0.3 is 0 Å². The molecule has 0 saturated heterocycles. The van der Waals surface area contributed by atoms with Crippen LogP contribution in [0.25, 0.3) is 10.8 Å². The van der Waals surface area contributed by atoms with Crippen molar-refractivity contribution in [3.8, 4) is 10.8 Å². The Kier molecular flexibility index (Phi) is 3.60. The summed E-state index contributed by atoms with van der Waals surface area (Å²) in [7, 11) is 0. The van der Waals surface area contributed by atoms with Crippen LogP contribution < -0.4 is 5.73 Å². The summed E-state index contributed by atoms with van der Waals surface area (Å²) in [4.78, 5) is 9.05. The summed E-state index contributed by atoms with van der Waals surface area (Å²) < 4.78 is 18.9. The molecule has 0 radical (unpaired) electrons. The number of thiazole rings is 1. The molecule has 0 bridgehead atoms. The molecule has 0 amide bonds. The third-order valence-electron chi connectivity index (χ3n) is 2.87. The molecule has 21 heavy (non-hydrogen) atoms. The van der Waals surface area contributed by atoms with Crippen molar-refractivity contribution in [2.75, 3.05) is 5.73 Å². The summed E-state index contributed by atoms with van der Waals surface area (Å²) in [5.74, 6) is 0.277. The van der Waals surface area contributed by atoms with Crippen molar-refractivity contribution in [3.05, 3.63) is 46.1 Å². The SMILES string of the molecule is Cc1nc(N)sc1-c1nc(Cc2c(F)cccc2Cl)no1. The molecular formula is C13H10ClFN4OS. The molecule has 8 heteroatoms. The van der Waals surface area contributed by atoms with Crippen LogP contribution in [-0.2, 0) is 6.42 Å². The first-order chi connectivity index (χ1) is 10.0. The molecule has 5 nitrogen and oxygen atoms in total. The van der Waals surface area contributed by atoms with Crippen LogP contribution in [-0.4, -0.2) is 15.1 Å². The Labute approximate surface area is 128 Å². The van der Waals surface area contributed by atoms with Crippen molar-refractivity contribution >= 4 is 28.1 Å². The van der Waals surface area contributed by atoms with E-state index < -0.39 is 5.82 Å². The van der Waals surface area contributed by atoms with E-state index in [1.54, 1.807) is 19.1 Å². The summed E-state index contributed by atoms with van der Waals surface area (Å²) >= 11 is 7.24. The van der Waals surface area contributed by atoms with Crippen molar-refractivity contribution in [1.29, 1.82) is 0 Å². The lowest BCUT2D eigenvalue weighted by Crippen LogP contribution is -1.95. The maximum absolute atomic E-state index is 13.7. The monoisotopic (exact) mass is 324 g/mol. The summed E-state index contributed by atoms with van der Waals surface area (Å²) in [6, 6.07) is 4.51. The zero-order valence-electron chi connectivity index (χ0n) is 10.9. The van der Waals surface area contributed by atoms with E-state index in [1.165, 1.54) is 17.4 Å². The molecule has 3 aromatic rings. The second-order valence-corrected chi connectivity index (χ2v) is 5.80. The molecule has 0 spiro atoms. The smallest absolute Gasteiger partial charge is 0.270 e. The van der Waals surface area contributed by atoms with Gasteiger partial charge in [-0.15, -0.1) is 0 Å². The van der Waals surface area contributed by atoms with Gasteiger partial charge in [0.2, 0.25) is 0 Å². The molecule has 0 aliphatic rings. The lowest BCUT2D eigenvalue weighted by Gasteiger charge is -2.01. The standard InChI is InChI=1S/C13H10ClFN4OS/c1-6-11(21-13(16)17-6)12-18-10(19-20-12)5-7-8(14)3-2-4-9(7)15/h2-4H,5H2,1H3,(H2,16,17). The van der Waals surface area contributed by atoms with Gasteiger partial charge in [-0.25, -0.2) is 9.37 Å². The largest absolute Gasteiger partial charge is 0.375 e. The maximum Gasteiger partial charge on any atom is 0.270 e. The van der Waals surface area contributed by atoms with Crippen molar-refractivity contribution in [3.63, 3.8) is 0 Å². The number of aromatic nitrogens is 3. The number of nitrogens with two attached hydrogens (primary N) is 1. The van der Waals surface area contributed by atoms with Gasteiger partial charge in [0, 0.05) is 17.0 Å². The van der Waals surface area contributed by atoms with Gasteiger partial charge in [-0.1, -0.05) is 34.2 Å². The third-order valence-corrected chi connectivity index (χ3v) is 4.20. The lowest BCUT2D eigenvalue weighted by molar-refractivity contribution is 0.424. The van der Waals surface area contributed by atoms with Gasteiger partial charge in [-0.3, -0.25) is 0 Å². The van der Waals surface area contributed by atoms with Crippen LogP contribution in [0.3, 0.4) is 0 Å². The van der Waals surface area contributed by atoms with Crippen molar-refractivity contribution in [2.45, 2.75) is 13.3 Å². The number of hydrogen-bond acceptors (Lipinski definition) is 6. The van der Waals surface area contributed by atoms with E-state index in [4.69, 9.17) is 21.9 Å². The summed E-state index contributed by atoms with van der Waals surface area (Å²) in [5, 5.41) is 4.61. The number of anilines is 1. The zero-order chi connectivity index (χ0) is 15.0. The second kappa shape index (κ2) is 5.42. The summed E-state index contributed by atoms with van der Waals surface area (Å²) in [6.07, 6.45) is 0.155. The maximum atomic E-state index is 13.7. The fourth-order valence-electron chi connectivity index (χ4n) is 1.89. The molecule has 0 aliphatic carbocycles. The molecule has 2 N–H and O–H groups in total. The first-order valence-corrected chi connectivity index (χ1v) is 7.23.